The fourth-order valence-electron chi connectivity index (χ4n) is 4.54. The fourth-order valence-corrected chi connectivity index (χ4v) is 4.54. The summed E-state index contributed by atoms with van der Waals surface area (Å²) in [6.07, 6.45) is 6.48. The number of hydrogen-bond acceptors (Lipinski definition) is 5. The first-order valence-electron chi connectivity index (χ1n) is 12.1. The first-order chi connectivity index (χ1) is 16.5. The van der Waals surface area contributed by atoms with Gasteiger partial charge in [0.1, 0.15) is 6.10 Å². The Kier molecular flexibility index (Phi) is 8.00. The minimum Gasteiger partial charge on any atom is -0.474 e. The highest BCUT2D eigenvalue weighted by molar-refractivity contribution is 5.94. The molecule has 1 aromatic heterocycles. The number of morpholine rings is 1. The molecule has 2 aromatic rings. The third-order valence-electron chi connectivity index (χ3n) is 6.23. The third kappa shape index (κ3) is 6.47. The number of carbonyl (C=O) groups excluding carboxylic acids is 2. The lowest BCUT2D eigenvalue weighted by Gasteiger charge is -2.35. The highest BCUT2D eigenvalue weighted by atomic mass is 16.5. The van der Waals surface area contributed by atoms with Crippen LogP contribution in [0.5, 0.6) is 5.88 Å². The van der Waals surface area contributed by atoms with Crippen LogP contribution in [0.15, 0.2) is 42.6 Å². The lowest BCUT2D eigenvalue weighted by Crippen LogP contribution is -2.48. The molecule has 0 spiro atoms. The number of nitrogens with zero attached hydrogens (tertiary/aromatic N) is 2. The van der Waals surface area contributed by atoms with Gasteiger partial charge >= 0.3 is 6.03 Å². The van der Waals surface area contributed by atoms with Crippen molar-refractivity contribution in [1.82, 2.24) is 20.5 Å². The summed E-state index contributed by atoms with van der Waals surface area (Å²) in [5, 5.41) is 5.73. The van der Waals surface area contributed by atoms with Gasteiger partial charge in [-0.25, -0.2) is 9.78 Å². The smallest absolute Gasteiger partial charge is 0.315 e. The molecule has 2 N–H and O–H groups in total. The number of amides is 3. The average Bonchev–Trinajstić information content (AvgIpc) is 3.34. The van der Waals surface area contributed by atoms with Gasteiger partial charge in [0.05, 0.1) is 12.2 Å². The maximum Gasteiger partial charge on any atom is 0.315 e. The van der Waals surface area contributed by atoms with Crippen LogP contribution >= 0.6 is 0 Å². The van der Waals surface area contributed by atoms with Crippen LogP contribution in [0, 0.1) is 0 Å². The lowest BCUT2D eigenvalue weighted by atomic mass is 10.1. The van der Waals surface area contributed by atoms with Crippen LogP contribution in [-0.2, 0) is 17.8 Å². The van der Waals surface area contributed by atoms with E-state index in [1.165, 1.54) is 12.8 Å². The van der Waals surface area contributed by atoms with Gasteiger partial charge < -0.3 is 25.0 Å². The molecule has 8 heteroatoms. The van der Waals surface area contributed by atoms with Crippen molar-refractivity contribution in [3.05, 3.63) is 59.3 Å². The van der Waals surface area contributed by atoms with E-state index in [2.05, 4.69) is 15.6 Å². The first-order valence-corrected chi connectivity index (χ1v) is 12.1. The van der Waals surface area contributed by atoms with Crippen LogP contribution in [0.1, 0.15) is 61.0 Å². The molecule has 1 aliphatic heterocycles. The number of nitrogens with one attached hydrogen (secondary N) is 2. The molecule has 2 atom stereocenters. The van der Waals surface area contributed by atoms with Gasteiger partial charge in [-0.2, -0.15) is 0 Å². The van der Waals surface area contributed by atoms with Crippen molar-refractivity contribution >= 4 is 11.9 Å². The Hall–Kier alpha value is -3.13. The first kappa shape index (κ1) is 24.0. The number of pyridine rings is 1. The number of aromatic nitrogens is 1. The maximum atomic E-state index is 12.8. The molecule has 2 unspecified atom stereocenters. The van der Waals surface area contributed by atoms with Crippen LogP contribution in [0.4, 0.5) is 4.79 Å². The van der Waals surface area contributed by atoms with E-state index in [1.807, 2.05) is 55.1 Å². The van der Waals surface area contributed by atoms with Crippen molar-refractivity contribution in [3.8, 4) is 5.88 Å². The third-order valence-corrected chi connectivity index (χ3v) is 6.23. The molecule has 0 radical (unpaired) electrons. The molecule has 182 valence electrons. The summed E-state index contributed by atoms with van der Waals surface area (Å²) in [5.74, 6) is 0.602. The molecule has 0 bridgehead atoms. The van der Waals surface area contributed by atoms with Gasteiger partial charge in [0.2, 0.25) is 5.88 Å². The van der Waals surface area contributed by atoms with Crippen molar-refractivity contribution in [2.75, 3.05) is 13.1 Å². The minimum absolute atomic E-state index is 0.00588. The second kappa shape index (κ2) is 11.3. The number of urea groups is 1. The van der Waals surface area contributed by atoms with Crippen LogP contribution in [0.25, 0.3) is 0 Å². The van der Waals surface area contributed by atoms with Crippen molar-refractivity contribution in [2.45, 2.75) is 70.9 Å². The molecular formula is C26H34N4O4. The standard InChI is InChI=1S/C26H34N4O4/c1-18-16-30(17-19(2)33-18)25(31)21-11-9-20(10-12-21)14-28-26(32)29-15-22-6-5-13-27-24(22)34-23-7-3-4-8-23/h5-6,9-13,18-19,23H,3-4,7-8,14-17H2,1-2H3,(H2,28,29,32). The minimum atomic E-state index is -0.271. The van der Waals surface area contributed by atoms with Crippen LogP contribution in [0.3, 0.4) is 0 Å². The summed E-state index contributed by atoms with van der Waals surface area (Å²) in [7, 11) is 0. The molecule has 2 heterocycles. The van der Waals surface area contributed by atoms with E-state index in [9.17, 15) is 9.59 Å². The van der Waals surface area contributed by atoms with Gasteiger partial charge in [0.15, 0.2) is 0 Å². The molecule has 8 nitrogen and oxygen atoms in total. The van der Waals surface area contributed by atoms with E-state index in [0.717, 1.165) is 24.0 Å². The molecule has 3 amide bonds. The molecule has 4 rings (SSSR count). The van der Waals surface area contributed by atoms with Crippen LogP contribution in [-0.4, -0.2) is 53.2 Å². The van der Waals surface area contributed by atoms with Gasteiger partial charge in [0, 0.05) is 43.5 Å². The molecule has 1 aliphatic carbocycles. The van der Waals surface area contributed by atoms with E-state index in [4.69, 9.17) is 9.47 Å². The Morgan fingerprint density at radius 3 is 2.41 bits per heavy atom. The SMILES string of the molecule is CC1CN(C(=O)c2ccc(CNC(=O)NCc3cccnc3OC3CCCC3)cc2)CC(C)O1. The highest BCUT2D eigenvalue weighted by Gasteiger charge is 2.26. The van der Waals surface area contributed by atoms with Crippen molar-refractivity contribution in [2.24, 2.45) is 0 Å². The zero-order chi connectivity index (χ0) is 23.9. The maximum absolute atomic E-state index is 12.8. The summed E-state index contributed by atoms with van der Waals surface area (Å²) >= 11 is 0. The normalized spacial score (nSPS) is 20.7. The van der Waals surface area contributed by atoms with Crippen molar-refractivity contribution in [1.29, 1.82) is 0 Å². The predicted molar refractivity (Wildman–Crippen MR) is 129 cm³/mol. The second-order valence-corrected chi connectivity index (χ2v) is 9.19. The second-order valence-electron chi connectivity index (χ2n) is 9.19. The van der Waals surface area contributed by atoms with Gasteiger partial charge in [-0.3, -0.25) is 4.79 Å². The molecule has 1 saturated carbocycles. The summed E-state index contributed by atoms with van der Waals surface area (Å²) in [6.45, 7) is 5.85. The van der Waals surface area contributed by atoms with E-state index in [0.29, 0.717) is 37.6 Å². The number of benzene rings is 1. The Bertz CT molecular complexity index is 965. The van der Waals surface area contributed by atoms with E-state index < -0.39 is 0 Å². The molecule has 2 aliphatic rings. The van der Waals surface area contributed by atoms with Crippen molar-refractivity contribution in [3.63, 3.8) is 0 Å². The Morgan fingerprint density at radius 2 is 1.71 bits per heavy atom. The summed E-state index contributed by atoms with van der Waals surface area (Å²) in [5.41, 5.74) is 2.42. The van der Waals surface area contributed by atoms with Gasteiger partial charge in [-0.15, -0.1) is 0 Å². The molecular weight excluding hydrogens is 432 g/mol. The van der Waals surface area contributed by atoms with Gasteiger partial charge in [0.25, 0.3) is 5.91 Å². The Balaban J connectivity index is 1.24. The number of carbonyl (C=O) groups is 2. The molecule has 1 saturated heterocycles. The largest absolute Gasteiger partial charge is 0.474 e. The average molecular weight is 467 g/mol. The van der Waals surface area contributed by atoms with E-state index in [-0.39, 0.29) is 30.3 Å². The summed E-state index contributed by atoms with van der Waals surface area (Å²) < 4.78 is 11.7. The van der Waals surface area contributed by atoms with E-state index in [1.54, 1.807) is 6.20 Å². The number of ether oxygens (including phenoxy) is 2. The van der Waals surface area contributed by atoms with Crippen LogP contribution < -0.4 is 15.4 Å². The zero-order valence-corrected chi connectivity index (χ0v) is 20.0. The van der Waals surface area contributed by atoms with E-state index >= 15 is 0 Å². The van der Waals surface area contributed by atoms with Gasteiger partial charge in [-0.1, -0.05) is 18.2 Å². The molecule has 1 aromatic carbocycles. The number of hydrogen-bond donors (Lipinski definition) is 2. The summed E-state index contributed by atoms with van der Waals surface area (Å²) in [6, 6.07) is 10.9. The highest BCUT2D eigenvalue weighted by Crippen LogP contribution is 2.25. The molecule has 2 fully saturated rings. The lowest BCUT2D eigenvalue weighted by molar-refractivity contribution is -0.0586. The Labute approximate surface area is 201 Å². The fraction of sp³-hybridized carbons (Fsp3) is 0.500. The zero-order valence-electron chi connectivity index (χ0n) is 20.0. The number of rotatable bonds is 7. The molecule has 34 heavy (non-hydrogen) atoms. The summed E-state index contributed by atoms with van der Waals surface area (Å²) in [4.78, 5) is 31.3. The topological polar surface area (TPSA) is 92.8 Å². The van der Waals surface area contributed by atoms with Crippen molar-refractivity contribution < 1.29 is 19.1 Å². The van der Waals surface area contributed by atoms with Gasteiger partial charge in [-0.05, 0) is 63.3 Å². The van der Waals surface area contributed by atoms with Crippen LogP contribution in [0.2, 0.25) is 0 Å². The predicted octanol–water partition coefficient (Wildman–Crippen LogP) is 3.65. The monoisotopic (exact) mass is 466 g/mol. The Morgan fingerprint density at radius 1 is 1.03 bits per heavy atom. The quantitative estimate of drug-likeness (QED) is 0.650.